The second-order valence-corrected chi connectivity index (χ2v) is 8.22. The Bertz CT molecular complexity index is 1360. The van der Waals surface area contributed by atoms with Crippen LogP contribution in [0, 0.1) is 0 Å². The van der Waals surface area contributed by atoms with Gasteiger partial charge < -0.3 is 4.98 Å². The van der Waals surface area contributed by atoms with Gasteiger partial charge in [0.2, 0.25) is 0 Å². The summed E-state index contributed by atoms with van der Waals surface area (Å²) < 4.78 is 0.777. The smallest absolute Gasteiger partial charge is 0.111 e. The lowest BCUT2D eigenvalue weighted by atomic mass is 10.1. The van der Waals surface area contributed by atoms with Gasteiger partial charge in [-0.3, -0.25) is 4.98 Å². The van der Waals surface area contributed by atoms with Crippen molar-refractivity contribution in [1.29, 1.82) is 0 Å². The molecular formula is C24H16BrClN4. The topological polar surface area (TPSA) is 54.5 Å². The molecule has 3 aromatic heterocycles. The zero-order chi connectivity index (χ0) is 20.5. The molecule has 0 aliphatic carbocycles. The van der Waals surface area contributed by atoms with Crippen LogP contribution in [0.5, 0.6) is 0 Å². The molecule has 0 radical (unpaired) electrons. The molecule has 2 aromatic carbocycles. The van der Waals surface area contributed by atoms with E-state index < -0.39 is 0 Å². The van der Waals surface area contributed by atoms with E-state index in [0.29, 0.717) is 6.42 Å². The van der Waals surface area contributed by atoms with E-state index in [1.165, 1.54) is 0 Å². The van der Waals surface area contributed by atoms with E-state index >= 15 is 0 Å². The highest BCUT2D eigenvalue weighted by Gasteiger charge is 2.16. The number of aromatic nitrogens is 4. The van der Waals surface area contributed by atoms with Crippen LogP contribution in [0.1, 0.15) is 11.4 Å². The Balaban J connectivity index is 1.64. The number of fused-ring (bicyclic) bond motifs is 1. The van der Waals surface area contributed by atoms with Crippen molar-refractivity contribution in [3.63, 3.8) is 0 Å². The largest absolute Gasteiger partial charge is 0.340 e. The fourth-order valence-corrected chi connectivity index (χ4v) is 4.07. The molecule has 0 aliphatic rings. The number of hydrogen-bond donors (Lipinski definition) is 1. The summed E-state index contributed by atoms with van der Waals surface area (Å²) in [6.07, 6.45) is 2.45. The minimum atomic E-state index is 0.650. The molecule has 30 heavy (non-hydrogen) atoms. The number of aromatic amines is 1. The minimum absolute atomic E-state index is 0.650. The maximum atomic E-state index is 6.16. The molecule has 5 aromatic rings. The van der Waals surface area contributed by atoms with Crippen LogP contribution in [0.15, 0.2) is 83.6 Å². The van der Waals surface area contributed by atoms with Crippen LogP contribution in [0.4, 0.5) is 0 Å². The maximum absolute atomic E-state index is 6.16. The molecule has 6 heteroatoms. The summed E-state index contributed by atoms with van der Waals surface area (Å²) in [5.74, 6) is 0.857. The molecule has 3 heterocycles. The number of rotatable bonds is 4. The van der Waals surface area contributed by atoms with Crippen LogP contribution in [0.25, 0.3) is 33.5 Å². The van der Waals surface area contributed by atoms with Crippen molar-refractivity contribution in [2.75, 3.05) is 0 Å². The summed E-state index contributed by atoms with van der Waals surface area (Å²) in [7, 11) is 0. The van der Waals surface area contributed by atoms with Gasteiger partial charge in [0.1, 0.15) is 10.4 Å². The molecule has 146 valence electrons. The van der Waals surface area contributed by atoms with Gasteiger partial charge in [-0.25, -0.2) is 9.97 Å². The van der Waals surface area contributed by atoms with Crippen molar-refractivity contribution >= 4 is 38.4 Å². The van der Waals surface area contributed by atoms with Gasteiger partial charge in [0.15, 0.2) is 0 Å². The highest BCUT2D eigenvalue weighted by molar-refractivity contribution is 9.10. The first-order chi connectivity index (χ1) is 14.7. The number of benzene rings is 2. The summed E-state index contributed by atoms with van der Waals surface area (Å²) in [5.41, 5.74) is 5.65. The van der Waals surface area contributed by atoms with Gasteiger partial charge in [0.05, 0.1) is 22.6 Å². The van der Waals surface area contributed by atoms with E-state index in [-0.39, 0.29) is 0 Å². The number of H-pyrrole nitrogens is 1. The second kappa shape index (κ2) is 8.01. The van der Waals surface area contributed by atoms with E-state index in [4.69, 9.17) is 16.6 Å². The molecule has 0 bridgehead atoms. The summed E-state index contributed by atoms with van der Waals surface area (Å²) in [6, 6.07) is 23.9. The van der Waals surface area contributed by atoms with Crippen LogP contribution in [0.3, 0.4) is 0 Å². The van der Waals surface area contributed by atoms with Crippen LogP contribution in [0.2, 0.25) is 5.02 Å². The molecule has 5 rings (SSSR count). The minimum Gasteiger partial charge on any atom is -0.340 e. The summed E-state index contributed by atoms with van der Waals surface area (Å²) in [6.45, 7) is 0. The normalized spacial score (nSPS) is 11.1. The van der Waals surface area contributed by atoms with Crippen LogP contribution >= 0.6 is 27.5 Å². The van der Waals surface area contributed by atoms with Crippen LogP contribution < -0.4 is 0 Å². The molecule has 0 amide bonds. The summed E-state index contributed by atoms with van der Waals surface area (Å²) >= 11 is 9.63. The number of nitrogens with zero attached hydrogens (tertiary/aromatic N) is 3. The molecule has 0 aliphatic heterocycles. The average Bonchev–Trinajstić information content (AvgIpc) is 3.17. The third-order valence-electron chi connectivity index (χ3n) is 4.86. The molecule has 1 N–H and O–H groups in total. The molecular weight excluding hydrogens is 460 g/mol. The molecule has 0 saturated heterocycles. The van der Waals surface area contributed by atoms with Crippen molar-refractivity contribution in [2.24, 2.45) is 0 Å². The fourth-order valence-electron chi connectivity index (χ4n) is 3.51. The fraction of sp³-hybridized carbons (Fsp3) is 0.0417. The van der Waals surface area contributed by atoms with Crippen molar-refractivity contribution in [3.8, 4) is 22.6 Å². The van der Waals surface area contributed by atoms with Gasteiger partial charge in [-0.1, -0.05) is 41.9 Å². The number of halogens is 2. The van der Waals surface area contributed by atoms with E-state index in [9.17, 15) is 0 Å². The molecule has 4 nitrogen and oxygen atoms in total. The van der Waals surface area contributed by atoms with Gasteiger partial charge in [0.25, 0.3) is 0 Å². The molecule has 0 spiro atoms. The Hall–Kier alpha value is -3.02. The van der Waals surface area contributed by atoms with Crippen molar-refractivity contribution in [3.05, 3.63) is 100 Å². The van der Waals surface area contributed by atoms with Crippen molar-refractivity contribution in [1.82, 2.24) is 19.9 Å². The first-order valence-electron chi connectivity index (χ1n) is 9.47. The molecule has 0 atom stereocenters. The Morgan fingerprint density at radius 1 is 0.900 bits per heavy atom. The lowest BCUT2D eigenvalue weighted by Crippen LogP contribution is -1.91. The predicted octanol–water partition coefficient (Wildman–Crippen LogP) is 6.69. The first kappa shape index (κ1) is 19.0. The van der Waals surface area contributed by atoms with Crippen LogP contribution in [-0.2, 0) is 6.42 Å². The maximum Gasteiger partial charge on any atom is 0.111 e. The Morgan fingerprint density at radius 3 is 2.67 bits per heavy atom. The lowest BCUT2D eigenvalue weighted by Gasteiger charge is -2.04. The van der Waals surface area contributed by atoms with E-state index in [1.807, 2.05) is 54.6 Å². The molecule has 0 unspecified atom stereocenters. The average molecular weight is 476 g/mol. The third-order valence-corrected chi connectivity index (χ3v) is 5.54. The van der Waals surface area contributed by atoms with Gasteiger partial charge in [-0.05, 0) is 64.0 Å². The van der Waals surface area contributed by atoms with Gasteiger partial charge in [-0.2, -0.15) is 0 Å². The summed E-state index contributed by atoms with van der Waals surface area (Å²) in [5, 5.41) is 1.79. The van der Waals surface area contributed by atoms with E-state index in [1.54, 1.807) is 6.20 Å². The second-order valence-electron chi connectivity index (χ2n) is 6.97. The number of hydrogen-bond acceptors (Lipinski definition) is 3. The Labute approximate surface area is 187 Å². The molecule has 0 saturated carbocycles. The van der Waals surface area contributed by atoms with Crippen molar-refractivity contribution in [2.45, 2.75) is 6.42 Å². The number of imidazole rings is 1. The number of pyridine rings is 2. The highest BCUT2D eigenvalue weighted by atomic mass is 79.9. The van der Waals surface area contributed by atoms with E-state index in [0.717, 1.165) is 54.6 Å². The van der Waals surface area contributed by atoms with E-state index in [2.05, 4.69) is 49.1 Å². The quantitative estimate of drug-likeness (QED) is 0.294. The zero-order valence-corrected chi connectivity index (χ0v) is 18.2. The summed E-state index contributed by atoms with van der Waals surface area (Å²) in [4.78, 5) is 17.5. The lowest BCUT2D eigenvalue weighted by molar-refractivity contribution is 1.03. The van der Waals surface area contributed by atoms with Gasteiger partial charge in [-0.15, -0.1) is 0 Å². The zero-order valence-electron chi connectivity index (χ0n) is 15.8. The highest BCUT2D eigenvalue weighted by Crippen LogP contribution is 2.32. The van der Waals surface area contributed by atoms with Gasteiger partial charge in [0, 0.05) is 28.6 Å². The molecule has 0 fully saturated rings. The number of nitrogens with one attached hydrogen (secondary N) is 1. The first-order valence-corrected chi connectivity index (χ1v) is 10.6. The standard InChI is InChI=1S/C24H16BrClN4/c25-21-8-2-7-20(28-21)24-23(17-9-10-19-16(14-17)5-3-11-27-19)29-22(30-24)13-15-4-1-6-18(26)12-15/h1-12,14H,13H2,(H,29,30). The Morgan fingerprint density at radius 2 is 1.80 bits per heavy atom. The predicted molar refractivity (Wildman–Crippen MR) is 125 cm³/mol. The van der Waals surface area contributed by atoms with Gasteiger partial charge >= 0.3 is 0 Å². The SMILES string of the molecule is Clc1cccc(Cc2nc(-c3ccc4ncccc4c3)c(-c3cccc(Br)n3)[nH]2)c1. The third kappa shape index (κ3) is 3.86. The Kier molecular flexibility index (Phi) is 5.07. The van der Waals surface area contributed by atoms with Crippen LogP contribution in [-0.4, -0.2) is 19.9 Å². The monoisotopic (exact) mass is 474 g/mol. The van der Waals surface area contributed by atoms with Crippen molar-refractivity contribution < 1.29 is 0 Å².